The van der Waals surface area contributed by atoms with Crippen LogP contribution in [0.4, 0.5) is 5.82 Å². The summed E-state index contributed by atoms with van der Waals surface area (Å²) >= 11 is 0. The molecule has 0 amide bonds. The van der Waals surface area contributed by atoms with Gasteiger partial charge in [-0.15, -0.1) is 0 Å². The lowest BCUT2D eigenvalue weighted by Gasteiger charge is -2.21. The first-order valence-electron chi connectivity index (χ1n) is 5.28. The lowest BCUT2D eigenvalue weighted by atomic mass is 9.97. The van der Waals surface area contributed by atoms with Crippen molar-refractivity contribution < 1.29 is 4.74 Å². The number of hydrogen-bond donors (Lipinski definition) is 2. The summed E-state index contributed by atoms with van der Waals surface area (Å²) in [6, 6.07) is 1.78. The zero-order chi connectivity index (χ0) is 10.8. The summed E-state index contributed by atoms with van der Waals surface area (Å²) in [4.78, 5) is 4.07. The fourth-order valence-corrected chi connectivity index (χ4v) is 2.10. The van der Waals surface area contributed by atoms with Crippen LogP contribution in [0.2, 0.25) is 0 Å². The molecular weight excluding hydrogens is 190 g/mol. The highest BCUT2D eigenvalue weighted by atomic mass is 16.5. The molecule has 0 aromatic carbocycles. The number of aromatic nitrogens is 1. The van der Waals surface area contributed by atoms with Gasteiger partial charge in [-0.3, -0.25) is 0 Å². The highest BCUT2D eigenvalue weighted by Crippen LogP contribution is 2.29. The van der Waals surface area contributed by atoms with Crippen molar-refractivity contribution in [2.45, 2.75) is 31.9 Å². The van der Waals surface area contributed by atoms with E-state index in [0.717, 1.165) is 30.6 Å². The molecule has 15 heavy (non-hydrogen) atoms. The SMILES string of the molecule is Cc1ccnc(N)c1C(N)C1CCCO1. The molecule has 1 aromatic rings. The summed E-state index contributed by atoms with van der Waals surface area (Å²) in [7, 11) is 0. The number of ether oxygens (including phenoxy) is 1. The maximum Gasteiger partial charge on any atom is 0.128 e. The van der Waals surface area contributed by atoms with Crippen LogP contribution >= 0.6 is 0 Å². The van der Waals surface area contributed by atoms with E-state index in [1.54, 1.807) is 6.20 Å². The van der Waals surface area contributed by atoms with Gasteiger partial charge in [0.25, 0.3) is 0 Å². The summed E-state index contributed by atoms with van der Waals surface area (Å²) < 4.78 is 5.57. The first kappa shape index (κ1) is 10.4. The third kappa shape index (κ3) is 1.96. The van der Waals surface area contributed by atoms with Crippen LogP contribution in [0.15, 0.2) is 12.3 Å². The molecule has 2 heterocycles. The van der Waals surface area contributed by atoms with Crippen molar-refractivity contribution in [3.8, 4) is 0 Å². The van der Waals surface area contributed by atoms with Crippen molar-refractivity contribution in [3.63, 3.8) is 0 Å². The van der Waals surface area contributed by atoms with Crippen molar-refractivity contribution in [2.75, 3.05) is 12.3 Å². The molecule has 0 aliphatic carbocycles. The van der Waals surface area contributed by atoms with Gasteiger partial charge in [-0.25, -0.2) is 4.98 Å². The number of aryl methyl sites for hydroxylation is 1. The molecule has 4 N–H and O–H groups in total. The first-order chi connectivity index (χ1) is 7.20. The van der Waals surface area contributed by atoms with Crippen LogP contribution in [0.3, 0.4) is 0 Å². The second-order valence-electron chi connectivity index (χ2n) is 4.00. The fourth-order valence-electron chi connectivity index (χ4n) is 2.10. The third-order valence-corrected chi connectivity index (χ3v) is 2.94. The molecule has 1 fully saturated rings. The van der Waals surface area contributed by atoms with E-state index < -0.39 is 0 Å². The molecule has 1 saturated heterocycles. The van der Waals surface area contributed by atoms with E-state index in [1.807, 2.05) is 13.0 Å². The Balaban J connectivity index is 2.27. The number of hydrogen-bond acceptors (Lipinski definition) is 4. The van der Waals surface area contributed by atoms with Gasteiger partial charge < -0.3 is 16.2 Å². The smallest absolute Gasteiger partial charge is 0.128 e. The molecule has 82 valence electrons. The van der Waals surface area contributed by atoms with Gasteiger partial charge in [0, 0.05) is 18.4 Å². The monoisotopic (exact) mass is 207 g/mol. The zero-order valence-corrected chi connectivity index (χ0v) is 8.94. The van der Waals surface area contributed by atoms with Crippen molar-refractivity contribution >= 4 is 5.82 Å². The normalized spacial score (nSPS) is 22.9. The summed E-state index contributed by atoms with van der Waals surface area (Å²) in [5, 5.41) is 0. The van der Waals surface area contributed by atoms with Crippen molar-refractivity contribution in [1.82, 2.24) is 4.98 Å². The Labute approximate surface area is 89.6 Å². The number of pyridine rings is 1. The molecule has 2 unspecified atom stereocenters. The topological polar surface area (TPSA) is 74.2 Å². The average Bonchev–Trinajstić information content (AvgIpc) is 2.69. The Kier molecular flexibility index (Phi) is 2.88. The minimum Gasteiger partial charge on any atom is -0.383 e. The highest BCUT2D eigenvalue weighted by Gasteiger charge is 2.26. The van der Waals surface area contributed by atoms with E-state index in [9.17, 15) is 0 Å². The van der Waals surface area contributed by atoms with Crippen LogP contribution in [-0.4, -0.2) is 17.7 Å². The predicted octanol–water partition coefficient (Wildman–Crippen LogP) is 1.15. The summed E-state index contributed by atoms with van der Waals surface area (Å²) in [6.45, 7) is 2.81. The van der Waals surface area contributed by atoms with E-state index in [4.69, 9.17) is 16.2 Å². The summed E-state index contributed by atoms with van der Waals surface area (Å²) in [5.41, 5.74) is 14.0. The van der Waals surface area contributed by atoms with E-state index in [2.05, 4.69) is 4.98 Å². The molecule has 0 saturated carbocycles. The van der Waals surface area contributed by atoms with E-state index >= 15 is 0 Å². The number of nitrogen functional groups attached to an aromatic ring is 1. The highest BCUT2D eigenvalue weighted by molar-refractivity contribution is 5.46. The van der Waals surface area contributed by atoms with E-state index in [-0.39, 0.29) is 12.1 Å². The standard InChI is InChI=1S/C11H17N3O/c1-7-4-5-14-11(13)9(7)10(12)8-3-2-6-15-8/h4-5,8,10H,2-3,6,12H2,1H3,(H2,13,14). The molecule has 1 aliphatic heterocycles. The van der Waals surface area contributed by atoms with Crippen molar-refractivity contribution in [2.24, 2.45) is 5.73 Å². The lowest BCUT2D eigenvalue weighted by Crippen LogP contribution is -2.27. The molecule has 4 nitrogen and oxygen atoms in total. The molecule has 0 bridgehead atoms. The van der Waals surface area contributed by atoms with Crippen molar-refractivity contribution in [1.29, 1.82) is 0 Å². The van der Waals surface area contributed by atoms with Crippen LogP contribution in [0.5, 0.6) is 0 Å². The fraction of sp³-hybridized carbons (Fsp3) is 0.545. The van der Waals surface area contributed by atoms with Gasteiger partial charge in [0.15, 0.2) is 0 Å². The quantitative estimate of drug-likeness (QED) is 0.763. The van der Waals surface area contributed by atoms with Gasteiger partial charge in [-0.2, -0.15) is 0 Å². The molecule has 1 aromatic heterocycles. The second-order valence-corrected chi connectivity index (χ2v) is 4.00. The van der Waals surface area contributed by atoms with Crippen LogP contribution in [0.1, 0.15) is 30.0 Å². The predicted molar refractivity (Wildman–Crippen MR) is 59.3 cm³/mol. The van der Waals surface area contributed by atoms with Crippen LogP contribution in [-0.2, 0) is 4.74 Å². The lowest BCUT2D eigenvalue weighted by molar-refractivity contribution is 0.0900. The summed E-state index contributed by atoms with van der Waals surface area (Å²) in [6.07, 6.45) is 3.89. The van der Waals surface area contributed by atoms with Gasteiger partial charge in [0.05, 0.1) is 12.1 Å². The Morgan fingerprint density at radius 2 is 2.40 bits per heavy atom. The molecule has 2 rings (SSSR count). The molecule has 0 spiro atoms. The largest absolute Gasteiger partial charge is 0.383 e. The second kappa shape index (κ2) is 4.16. The zero-order valence-electron chi connectivity index (χ0n) is 8.94. The maximum atomic E-state index is 6.16. The maximum absolute atomic E-state index is 6.16. The third-order valence-electron chi connectivity index (χ3n) is 2.94. The Bertz CT molecular complexity index is 327. The minimum atomic E-state index is -0.152. The Morgan fingerprint density at radius 1 is 1.60 bits per heavy atom. The molecule has 1 aliphatic rings. The molecule has 4 heteroatoms. The number of anilines is 1. The van der Waals surface area contributed by atoms with E-state index in [1.165, 1.54) is 0 Å². The minimum absolute atomic E-state index is 0.0928. The summed E-state index contributed by atoms with van der Waals surface area (Å²) in [5.74, 6) is 0.526. The number of nitrogens with two attached hydrogens (primary N) is 2. The Hall–Kier alpha value is -1.13. The van der Waals surface area contributed by atoms with Gasteiger partial charge in [0.1, 0.15) is 5.82 Å². The van der Waals surface area contributed by atoms with Crippen LogP contribution in [0, 0.1) is 6.92 Å². The molecule has 0 radical (unpaired) electrons. The van der Waals surface area contributed by atoms with Crippen LogP contribution in [0.25, 0.3) is 0 Å². The first-order valence-corrected chi connectivity index (χ1v) is 5.28. The van der Waals surface area contributed by atoms with Gasteiger partial charge in [-0.05, 0) is 31.4 Å². The van der Waals surface area contributed by atoms with Gasteiger partial charge in [-0.1, -0.05) is 0 Å². The van der Waals surface area contributed by atoms with Crippen LogP contribution < -0.4 is 11.5 Å². The average molecular weight is 207 g/mol. The number of rotatable bonds is 2. The Morgan fingerprint density at radius 3 is 3.00 bits per heavy atom. The van der Waals surface area contributed by atoms with Gasteiger partial charge >= 0.3 is 0 Å². The molecular formula is C11H17N3O. The number of nitrogens with zero attached hydrogens (tertiary/aromatic N) is 1. The van der Waals surface area contributed by atoms with E-state index in [0.29, 0.717) is 5.82 Å². The van der Waals surface area contributed by atoms with Crippen molar-refractivity contribution in [3.05, 3.63) is 23.4 Å². The van der Waals surface area contributed by atoms with Gasteiger partial charge in [0.2, 0.25) is 0 Å². The molecule has 2 atom stereocenters.